The highest BCUT2D eigenvalue weighted by Crippen LogP contribution is 2.10. The molecule has 0 saturated carbocycles. The summed E-state index contributed by atoms with van der Waals surface area (Å²) in [6.07, 6.45) is 0. The van der Waals surface area contributed by atoms with E-state index in [4.69, 9.17) is 5.26 Å². The lowest BCUT2D eigenvalue weighted by Gasteiger charge is -1.95. The molecular formula is C11H9FN2. The van der Waals surface area contributed by atoms with E-state index in [-0.39, 0.29) is 5.56 Å². The molecule has 0 aliphatic carbocycles. The molecule has 1 rings (SSSR count). The van der Waals surface area contributed by atoms with Gasteiger partial charge in [0.25, 0.3) is 0 Å². The van der Waals surface area contributed by atoms with Crippen molar-refractivity contribution in [1.29, 1.82) is 5.26 Å². The van der Waals surface area contributed by atoms with Gasteiger partial charge in [-0.25, -0.2) is 4.39 Å². The fourth-order valence-electron chi connectivity index (χ4n) is 0.970. The Kier molecular flexibility index (Phi) is 3.67. The van der Waals surface area contributed by atoms with Gasteiger partial charge in [0.15, 0.2) is 0 Å². The van der Waals surface area contributed by atoms with Crippen LogP contribution in [0.3, 0.4) is 0 Å². The van der Waals surface area contributed by atoms with Gasteiger partial charge in [-0.05, 0) is 19.2 Å². The second-order valence-electron chi connectivity index (χ2n) is 2.61. The van der Waals surface area contributed by atoms with Crippen LogP contribution in [0.25, 0.3) is 0 Å². The van der Waals surface area contributed by atoms with E-state index in [2.05, 4.69) is 17.2 Å². The van der Waals surface area contributed by atoms with Crippen LogP contribution < -0.4 is 5.32 Å². The normalized spacial score (nSPS) is 8.64. The van der Waals surface area contributed by atoms with Crippen molar-refractivity contribution in [2.24, 2.45) is 0 Å². The summed E-state index contributed by atoms with van der Waals surface area (Å²) in [6.45, 7) is 0.515. The number of rotatable bonds is 1. The first kappa shape index (κ1) is 10.2. The largest absolute Gasteiger partial charge is 0.309 e. The number of hydrogen-bond donors (Lipinski definition) is 1. The molecule has 0 spiro atoms. The van der Waals surface area contributed by atoms with Crippen LogP contribution >= 0.6 is 0 Å². The average molecular weight is 188 g/mol. The van der Waals surface area contributed by atoms with Gasteiger partial charge in [0.1, 0.15) is 17.4 Å². The number of nitriles is 1. The van der Waals surface area contributed by atoms with Crippen LogP contribution in [0.4, 0.5) is 4.39 Å². The van der Waals surface area contributed by atoms with E-state index in [9.17, 15) is 4.39 Å². The van der Waals surface area contributed by atoms with E-state index < -0.39 is 5.82 Å². The van der Waals surface area contributed by atoms with E-state index >= 15 is 0 Å². The lowest BCUT2D eigenvalue weighted by molar-refractivity contribution is 0.623. The zero-order chi connectivity index (χ0) is 10.4. The number of nitrogens with one attached hydrogen (secondary N) is 1. The molecule has 0 heterocycles. The summed E-state index contributed by atoms with van der Waals surface area (Å²) >= 11 is 0. The maximum absolute atomic E-state index is 13.1. The molecule has 0 fully saturated rings. The van der Waals surface area contributed by atoms with Crippen LogP contribution in [0.2, 0.25) is 0 Å². The number of hydrogen-bond acceptors (Lipinski definition) is 2. The smallest absolute Gasteiger partial charge is 0.142 e. The van der Waals surface area contributed by atoms with Gasteiger partial charge in [-0.15, -0.1) is 0 Å². The van der Waals surface area contributed by atoms with Gasteiger partial charge >= 0.3 is 0 Å². The van der Waals surface area contributed by atoms with Crippen LogP contribution in [0.15, 0.2) is 18.2 Å². The van der Waals surface area contributed by atoms with Crippen LogP contribution in [-0.2, 0) is 0 Å². The molecule has 0 bridgehead atoms. The van der Waals surface area contributed by atoms with Gasteiger partial charge < -0.3 is 5.32 Å². The maximum Gasteiger partial charge on any atom is 0.142 e. The lowest BCUT2D eigenvalue weighted by Crippen LogP contribution is -2.04. The first-order chi connectivity index (χ1) is 6.79. The Hall–Kier alpha value is -1.84. The summed E-state index contributed by atoms with van der Waals surface area (Å²) in [7, 11) is 1.77. The van der Waals surface area contributed by atoms with E-state index in [0.29, 0.717) is 12.1 Å². The van der Waals surface area contributed by atoms with Crippen LogP contribution in [-0.4, -0.2) is 13.6 Å². The summed E-state index contributed by atoms with van der Waals surface area (Å²) < 4.78 is 13.1. The van der Waals surface area contributed by atoms with Crippen molar-refractivity contribution in [3.05, 3.63) is 35.1 Å². The summed E-state index contributed by atoms with van der Waals surface area (Å²) in [5, 5.41) is 11.5. The standard InChI is InChI=1S/C11H9FN2/c1-14-7-3-5-9-4-2-6-11(12)10(9)8-13/h2,4,6,14H,7H2,1H3. The lowest BCUT2D eigenvalue weighted by atomic mass is 10.1. The number of halogens is 1. The van der Waals surface area contributed by atoms with Gasteiger partial charge in [-0.2, -0.15) is 5.26 Å². The van der Waals surface area contributed by atoms with Gasteiger partial charge in [-0.3, -0.25) is 0 Å². The van der Waals surface area contributed by atoms with Gasteiger partial charge in [0.05, 0.1) is 6.54 Å². The zero-order valence-electron chi connectivity index (χ0n) is 7.76. The van der Waals surface area contributed by atoms with Crippen molar-refractivity contribution in [2.45, 2.75) is 0 Å². The van der Waals surface area contributed by atoms with E-state index in [1.807, 2.05) is 0 Å². The highest BCUT2D eigenvalue weighted by atomic mass is 19.1. The Bertz CT molecular complexity index is 421. The maximum atomic E-state index is 13.1. The predicted molar refractivity (Wildman–Crippen MR) is 51.9 cm³/mol. The van der Waals surface area contributed by atoms with E-state index in [0.717, 1.165) is 0 Å². The Morgan fingerprint density at radius 2 is 2.29 bits per heavy atom. The van der Waals surface area contributed by atoms with Crippen molar-refractivity contribution in [3.8, 4) is 17.9 Å². The average Bonchev–Trinajstić information content (AvgIpc) is 2.18. The molecule has 14 heavy (non-hydrogen) atoms. The van der Waals surface area contributed by atoms with Crippen LogP contribution in [0.5, 0.6) is 0 Å². The molecule has 0 radical (unpaired) electrons. The molecule has 0 amide bonds. The zero-order valence-corrected chi connectivity index (χ0v) is 7.76. The molecule has 0 saturated heterocycles. The molecule has 0 atom stereocenters. The van der Waals surface area contributed by atoms with Gasteiger partial charge in [0, 0.05) is 5.56 Å². The van der Waals surface area contributed by atoms with Crippen molar-refractivity contribution >= 4 is 0 Å². The van der Waals surface area contributed by atoms with Crippen LogP contribution in [0, 0.1) is 29.0 Å². The van der Waals surface area contributed by atoms with Crippen molar-refractivity contribution in [3.63, 3.8) is 0 Å². The summed E-state index contributed by atoms with van der Waals surface area (Å²) in [4.78, 5) is 0. The van der Waals surface area contributed by atoms with Crippen LogP contribution in [0.1, 0.15) is 11.1 Å². The highest BCUT2D eigenvalue weighted by Gasteiger charge is 2.04. The van der Waals surface area contributed by atoms with Crippen molar-refractivity contribution < 1.29 is 4.39 Å². The molecule has 0 aliphatic heterocycles. The monoisotopic (exact) mass is 188 g/mol. The molecule has 1 aromatic rings. The second kappa shape index (κ2) is 5.01. The highest BCUT2D eigenvalue weighted by molar-refractivity contribution is 5.48. The number of benzene rings is 1. The molecule has 2 nitrogen and oxygen atoms in total. The summed E-state index contributed by atoms with van der Waals surface area (Å²) in [6, 6.07) is 6.22. The second-order valence-corrected chi connectivity index (χ2v) is 2.61. The van der Waals surface area contributed by atoms with E-state index in [1.165, 1.54) is 6.07 Å². The third-order valence-electron chi connectivity index (χ3n) is 1.61. The molecule has 0 aliphatic rings. The summed E-state index contributed by atoms with van der Waals surface area (Å²) in [5.74, 6) is 4.98. The molecule has 3 heteroatoms. The Morgan fingerprint density at radius 1 is 1.50 bits per heavy atom. The Balaban J connectivity index is 3.06. The molecular weight excluding hydrogens is 179 g/mol. The van der Waals surface area contributed by atoms with Gasteiger partial charge in [-0.1, -0.05) is 17.9 Å². The Morgan fingerprint density at radius 3 is 2.93 bits per heavy atom. The summed E-state index contributed by atoms with van der Waals surface area (Å²) in [5.41, 5.74) is 0.443. The van der Waals surface area contributed by atoms with Crippen molar-refractivity contribution in [2.75, 3.05) is 13.6 Å². The minimum absolute atomic E-state index is 0.0103. The minimum Gasteiger partial charge on any atom is -0.309 e. The first-order valence-corrected chi connectivity index (χ1v) is 4.11. The van der Waals surface area contributed by atoms with E-state index in [1.54, 1.807) is 25.2 Å². The fourth-order valence-corrected chi connectivity index (χ4v) is 0.970. The molecule has 1 aromatic carbocycles. The van der Waals surface area contributed by atoms with Gasteiger partial charge in [0.2, 0.25) is 0 Å². The number of nitrogens with zero attached hydrogens (tertiary/aromatic N) is 1. The quantitative estimate of drug-likeness (QED) is 0.673. The third kappa shape index (κ3) is 2.32. The first-order valence-electron chi connectivity index (χ1n) is 4.11. The topological polar surface area (TPSA) is 35.8 Å². The molecule has 70 valence electrons. The Labute approximate surface area is 82.4 Å². The molecule has 1 N–H and O–H groups in total. The minimum atomic E-state index is -0.524. The van der Waals surface area contributed by atoms with Crippen molar-refractivity contribution in [1.82, 2.24) is 5.32 Å². The molecule has 0 unspecified atom stereocenters. The fraction of sp³-hybridized carbons (Fsp3) is 0.182. The third-order valence-corrected chi connectivity index (χ3v) is 1.61. The molecule has 0 aromatic heterocycles. The SMILES string of the molecule is CNCC#Cc1cccc(F)c1C#N. The predicted octanol–water partition coefficient (Wildman–Crippen LogP) is 1.27.